The molecular weight excluding hydrogens is 278 g/mol. The van der Waals surface area contributed by atoms with Crippen LogP contribution in [0.5, 0.6) is 0 Å². The lowest BCUT2D eigenvalue weighted by Gasteiger charge is -2.08. The molecule has 0 atom stereocenters. The van der Waals surface area contributed by atoms with Gasteiger partial charge in [0.25, 0.3) is 0 Å². The quantitative estimate of drug-likeness (QED) is 0.795. The number of anilines is 1. The van der Waals surface area contributed by atoms with Crippen molar-refractivity contribution < 1.29 is 8.78 Å². The summed E-state index contributed by atoms with van der Waals surface area (Å²) in [5.41, 5.74) is 1.08. The van der Waals surface area contributed by atoms with Crippen molar-refractivity contribution in [3.8, 4) is 0 Å². The minimum Gasteiger partial charge on any atom is -0.368 e. The van der Waals surface area contributed by atoms with E-state index in [1.165, 1.54) is 11.8 Å². The summed E-state index contributed by atoms with van der Waals surface area (Å²) < 4.78 is 27.2. The SMILES string of the molecule is CCCNc1nc(SCc2ccccc2)c(F)cc1F. The number of thioether (sulfide) groups is 1. The van der Waals surface area contributed by atoms with Gasteiger partial charge in [0, 0.05) is 18.4 Å². The van der Waals surface area contributed by atoms with E-state index in [4.69, 9.17) is 0 Å². The van der Waals surface area contributed by atoms with E-state index in [1.54, 1.807) is 0 Å². The van der Waals surface area contributed by atoms with Gasteiger partial charge >= 0.3 is 0 Å². The average molecular weight is 294 g/mol. The normalized spacial score (nSPS) is 10.6. The summed E-state index contributed by atoms with van der Waals surface area (Å²) in [6.45, 7) is 2.58. The van der Waals surface area contributed by atoms with Gasteiger partial charge in [-0.3, -0.25) is 0 Å². The number of nitrogens with one attached hydrogen (secondary N) is 1. The van der Waals surface area contributed by atoms with Crippen LogP contribution in [-0.4, -0.2) is 11.5 Å². The summed E-state index contributed by atoms with van der Waals surface area (Å²) in [6.07, 6.45) is 0.852. The van der Waals surface area contributed by atoms with E-state index < -0.39 is 11.6 Å². The fourth-order valence-electron chi connectivity index (χ4n) is 1.64. The van der Waals surface area contributed by atoms with Crippen LogP contribution in [0.3, 0.4) is 0 Å². The minimum atomic E-state index is -0.653. The predicted octanol–water partition coefficient (Wildman–Crippen LogP) is 4.47. The molecule has 5 heteroatoms. The molecule has 1 heterocycles. The Morgan fingerprint density at radius 3 is 2.60 bits per heavy atom. The molecule has 0 fully saturated rings. The predicted molar refractivity (Wildman–Crippen MR) is 78.9 cm³/mol. The lowest BCUT2D eigenvalue weighted by molar-refractivity contribution is 0.551. The molecule has 0 unspecified atom stereocenters. The average Bonchev–Trinajstić information content (AvgIpc) is 2.46. The van der Waals surface area contributed by atoms with E-state index in [0.717, 1.165) is 18.1 Å². The molecule has 106 valence electrons. The van der Waals surface area contributed by atoms with Crippen LogP contribution in [0.15, 0.2) is 41.4 Å². The topological polar surface area (TPSA) is 24.9 Å². The molecule has 0 saturated heterocycles. The maximum absolute atomic E-state index is 13.7. The number of hydrogen-bond acceptors (Lipinski definition) is 3. The monoisotopic (exact) mass is 294 g/mol. The lowest BCUT2D eigenvalue weighted by atomic mass is 10.2. The second-order valence-corrected chi connectivity index (χ2v) is 5.27. The highest BCUT2D eigenvalue weighted by atomic mass is 32.2. The van der Waals surface area contributed by atoms with Gasteiger partial charge in [0.15, 0.2) is 17.5 Å². The van der Waals surface area contributed by atoms with Crippen molar-refractivity contribution in [3.05, 3.63) is 53.6 Å². The van der Waals surface area contributed by atoms with E-state index in [9.17, 15) is 8.78 Å². The highest BCUT2D eigenvalue weighted by Crippen LogP contribution is 2.26. The molecule has 20 heavy (non-hydrogen) atoms. The van der Waals surface area contributed by atoms with Crippen LogP contribution < -0.4 is 5.32 Å². The molecule has 0 saturated carbocycles. The second kappa shape index (κ2) is 7.24. The number of nitrogens with zero attached hydrogens (tertiary/aromatic N) is 1. The molecule has 0 spiro atoms. The Hall–Kier alpha value is -1.62. The molecule has 0 aliphatic heterocycles. The fraction of sp³-hybridized carbons (Fsp3) is 0.267. The van der Waals surface area contributed by atoms with Gasteiger partial charge in [-0.2, -0.15) is 0 Å². The van der Waals surface area contributed by atoms with Crippen molar-refractivity contribution in [1.82, 2.24) is 4.98 Å². The summed E-state index contributed by atoms with van der Waals surface area (Å²) in [7, 11) is 0. The first-order valence-electron chi connectivity index (χ1n) is 6.47. The first kappa shape index (κ1) is 14.8. The Balaban J connectivity index is 2.10. The largest absolute Gasteiger partial charge is 0.368 e. The highest BCUT2D eigenvalue weighted by Gasteiger charge is 2.12. The van der Waals surface area contributed by atoms with Gasteiger partial charge in [0.1, 0.15) is 5.03 Å². The van der Waals surface area contributed by atoms with Crippen molar-refractivity contribution in [1.29, 1.82) is 0 Å². The summed E-state index contributed by atoms with van der Waals surface area (Å²) in [5, 5.41) is 3.08. The molecule has 1 N–H and O–H groups in total. The van der Waals surface area contributed by atoms with Crippen molar-refractivity contribution in [2.24, 2.45) is 0 Å². The third-order valence-corrected chi connectivity index (χ3v) is 3.70. The van der Waals surface area contributed by atoms with Crippen molar-refractivity contribution in [2.75, 3.05) is 11.9 Å². The third kappa shape index (κ3) is 3.93. The standard InChI is InChI=1S/C15H16F2N2S/c1-2-8-18-14-12(16)9-13(17)15(19-14)20-10-11-6-4-3-5-7-11/h3-7,9H,2,8,10H2,1H3,(H,18,19). The van der Waals surface area contributed by atoms with Gasteiger partial charge in [0.05, 0.1) is 0 Å². The molecule has 0 aliphatic carbocycles. The number of halogens is 2. The Bertz CT molecular complexity index is 561. The van der Waals surface area contributed by atoms with Gasteiger partial charge in [-0.05, 0) is 12.0 Å². The molecule has 2 nitrogen and oxygen atoms in total. The van der Waals surface area contributed by atoms with Gasteiger partial charge in [0.2, 0.25) is 0 Å². The molecule has 2 rings (SSSR count). The summed E-state index contributed by atoms with van der Waals surface area (Å²) in [6, 6.07) is 10.6. The molecular formula is C15H16F2N2S. The second-order valence-electron chi connectivity index (χ2n) is 4.31. The van der Waals surface area contributed by atoms with E-state index in [-0.39, 0.29) is 10.8 Å². The highest BCUT2D eigenvalue weighted by molar-refractivity contribution is 7.98. The van der Waals surface area contributed by atoms with Gasteiger partial charge in [-0.1, -0.05) is 49.0 Å². The van der Waals surface area contributed by atoms with Crippen LogP contribution in [0.4, 0.5) is 14.6 Å². The van der Waals surface area contributed by atoms with Gasteiger partial charge < -0.3 is 5.32 Å². The van der Waals surface area contributed by atoms with Crippen molar-refractivity contribution >= 4 is 17.6 Å². The number of rotatable bonds is 6. The van der Waals surface area contributed by atoms with Crippen molar-refractivity contribution in [3.63, 3.8) is 0 Å². The number of aromatic nitrogens is 1. The third-order valence-electron chi connectivity index (χ3n) is 2.66. The smallest absolute Gasteiger partial charge is 0.168 e. The van der Waals surface area contributed by atoms with E-state index in [2.05, 4.69) is 10.3 Å². The zero-order valence-corrected chi connectivity index (χ0v) is 12.0. The number of pyridine rings is 1. The summed E-state index contributed by atoms with van der Waals surface area (Å²) in [5.74, 6) is -0.557. The number of benzene rings is 1. The zero-order chi connectivity index (χ0) is 14.4. The maximum Gasteiger partial charge on any atom is 0.168 e. The molecule has 0 bridgehead atoms. The Morgan fingerprint density at radius 1 is 1.15 bits per heavy atom. The Labute approximate surface area is 121 Å². The molecule has 0 radical (unpaired) electrons. The summed E-state index contributed by atoms with van der Waals surface area (Å²) in [4.78, 5) is 4.03. The zero-order valence-electron chi connectivity index (χ0n) is 11.2. The molecule has 0 amide bonds. The maximum atomic E-state index is 13.7. The number of hydrogen-bond donors (Lipinski definition) is 1. The van der Waals surface area contributed by atoms with Gasteiger partial charge in [-0.15, -0.1) is 0 Å². The van der Waals surface area contributed by atoms with E-state index in [0.29, 0.717) is 12.3 Å². The van der Waals surface area contributed by atoms with Crippen LogP contribution in [0.25, 0.3) is 0 Å². The first-order valence-corrected chi connectivity index (χ1v) is 7.46. The summed E-state index contributed by atoms with van der Waals surface area (Å²) >= 11 is 1.26. The van der Waals surface area contributed by atoms with E-state index >= 15 is 0 Å². The van der Waals surface area contributed by atoms with Crippen molar-refractivity contribution in [2.45, 2.75) is 24.1 Å². The Morgan fingerprint density at radius 2 is 1.90 bits per heavy atom. The Kier molecular flexibility index (Phi) is 5.35. The molecule has 0 aliphatic rings. The van der Waals surface area contributed by atoms with Crippen LogP contribution in [0.2, 0.25) is 0 Å². The van der Waals surface area contributed by atoms with Crippen LogP contribution >= 0.6 is 11.8 Å². The van der Waals surface area contributed by atoms with Crippen LogP contribution in [0.1, 0.15) is 18.9 Å². The van der Waals surface area contributed by atoms with Gasteiger partial charge in [-0.25, -0.2) is 13.8 Å². The lowest BCUT2D eigenvalue weighted by Crippen LogP contribution is -2.06. The minimum absolute atomic E-state index is 0.115. The molecule has 1 aromatic heterocycles. The van der Waals surface area contributed by atoms with Crippen LogP contribution in [0, 0.1) is 11.6 Å². The van der Waals surface area contributed by atoms with Crippen LogP contribution in [-0.2, 0) is 5.75 Å². The first-order chi connectivity index (χ1) is 9.70. The molecule has 1 aromatic carbocycles. The fourth-order valence-corrected chi connectivity index (χ4v) is 2.49. The molecule has 2 aromatic rings. The van der Waals surface area contributed by atoms with E-state index in [1.807, 2.05) is 37.3 Å².